The smallest absolute Gasteiger partial charge is 0.258 e. The predicted molar refractivity (Wildman–Crippen MR) is 81.2 cm³/mol. The Hall–Kier alpha value is -0.550. The van der Waals surface area contributed by atoms with Gasteiger partial charge in [-0.15, -0.1) is 11.3 Å². The molecule has 2 aromatic rings. The summed E-state index contributed by atoms with van der Waals surface area (Å²) >= 11 is 16.3. The van der Waals surface area contributed by atoms with E-state index in [1.54, 1.807) is 6.07 Å². The molecule has 0 saturated carbocycles. The molecule has 0 saturated heterocycles. The van der Waals surface area contributed by atoms with E-state index < -0.39 is 0 Å². The van der Waals surface area contributed by atoms with Gasteiger partial charge in [0.2, 0.25) is 0 Å². The first-order valence-electron chi connectivity index (χ1n) is 4.99. The van der Waals surface area contributed by atoms with Crippen molar-refractivity contribution >= 4 is 62.1 Å². The molecular weight excluding hydrogens is 357 g/mol. The second-order valence-electron chi connectivity index (χ2n) is 3.71. The van der Waals surface area contributed by atoms with Crippen LogP contribution in [-0.2, 0) is 0 Å². The minimum atomic E-state index is -0.263. The predicted octanol–water partition coefficient (Wildman–Crippen LogP) is 5.38. The Labute approximate surface area is 127 Å². The van der Waals surface area contributed by atoms with Gasteiger partial charge in [0.25, 0.3) is 5.91 Å². The van der Waals surface area contributed by atoms with Gasteiger partial charge in [0.05, 0.1) is 9.90 Å². The molecule has 0 aliphatic carbocycles. The molecule has 1 aromatic carbocycles. The molecule has 1 aromatic heterocycles. The molecule has 1 N–H and O–H groups in total. The first-order chi connectivity index (χ1) is 8.45. The molecule has 0 fully saturated rings. The second-order valence-corrected chi connectivity index (χ2v) is 6.91. The van der Waals surface area contributed by atoms with Crippen LogP contribution in [0.4, 0.5) is 5.69 Å². The fraction of sp³-hybridized carbons (Fsp3) is 0.0833. The number of hydrogen-bond acceptors (Lipinski definition) is 2. The number of benzene rings is 1. The monoisotopic (exact) mass is 363 g/mol. The Morgan fingerprint density at radius 1 is 1.28 bits per heavy atom. The number of halogens is 3. The summed E-state index contributed by atoms with van der Waals surface area (Å²) in [5, 5.41) is 2.79. The van der Waals surface area contributed by atoms with Crippen molar-refractivity contribution in [2.75, 3.05) is 5.32 Å². The van der Waals surface area contributed by atoms with Crippen LogP contribution in [0.1, 0.15) is 15.9 Å². The zero-order chi connectivity index (χ0) is 13.3. The zero-order valence-electron chi connectivity index (χ0n) is 9.26. The van der Waals surface area contributed by atoms with Crippen LogP contribution in [0.2, 0.25) is 8.67 Å². The summed E-state index contributed by atoms with van der Waals surface area (Å²) in [6.07, 6.45) is 0. The van der Waals surface area contributed by atoms with E-state index in [0.717, 1.165) is 10.0 Å². The van der Waals surface area contributed by atoms with Crippen molar-refractivity contribution in [2.24, 2.45) is 0 Å². The molecular formula is C12H8BrCl2NOS. The molecule has 94 valence electrons. The number of aryl methyl sites for hydroxylation is 1. The second kappa shape index (κ2) is 5.61. The molecule has 0 atom stereocenters. The summed E-state index contributed by atoms with van der Waals surface area (Å²) in [4.78, 5) is 12.0. The van der Waals surface area contributed by atoms with Crippen molar-refractivity contribution in [3.8, 4) is 0 Å². The van der Waals surface area contributed by atoms with Crippen LogP contribution in [0, 0.1) is 6.92 Å². The largest absolute Gasteiger partial charge is 0.322 e. The van der Waals surface area contributed by atoms with Gasteiger partial charge < -0.3 is 5.32 Å². The quantitative estimate of drug-likeness (QED) is 0.761. The highest BCUT2D eigenvalue weighted by Gasteiger charge is 2.14. The van der Waals surface area contributed by atoms with Gasteiger partial charge in [0.1, 0.15) is 4.34 Å². The van der Waals surface area contributed by atoms with Gasteiger partial charge in [-0.25, -0.2) is 0 Å². The number of nitrogens with one attached hydrogen (secondary N) is 1. The summed E-state index contributed by atoms with van der Waals surface area (Å²) in [5.41, 5.74) is 2.16. The molecule has 0 aliphatic heterocycles. The van der Waals surface area contributed by atoms with Crippen LogP contribution >= 0.6 is 50.5 Å². The fourth-order valence-electron chi connectivity index (χ4n) is 1.50. The highest BCUT2D eigenvalue weighted by Crippen LogP contribution is 2.31. The van der Waals surface area contributed by atoms with E-state index in [2.05, 4.69) is 21.2 Å². The van der Waals surface area contributed by atoms with Crippen LogP contribution < -0.4 is 5.32 Å². The van der Waals surface area contributed by atoms with Gasteiger partial charge in [-0.05, 0) is 36.8 Å². The number of hydrogen-bond donors (Lipinski definition) is 1. The maximum atomic E-state index is 12.0. The fourth-order valence-corrected chi connectivity index (χ4v) is 3.57. The Bertz CT molecular complexity index is 592. The van der Waals surface area contributed by atoms with Crippen LogP contribution in [0.3, 0.4) is 0 Å². The van der Waals surface area contributed by atoms with Crippen LogP contribution in [0.15, 0.2) is 28.7 Å². The van der Waals surface area contributed by atoms with Crippen LogP contribution in [-0.4, -0.2) is 5.91 Å². The number of rotatable bonds is 2. The van der Waals surface area contributed by atoms with Crippen LogP contribution in [0.25, 0.3) is 0 Å². The Balaban J connectivity index is 2.23. The maximum absolute atomic E-state index is 12.0. The number of amides is 1. The van der Waals surface area contributed by atoms with E-state index in [0.29, 0.717) is 19.9 Å². The Morgan fingerprint density at radius 3 is 2.56 bits per heavy atom. The van der Waals surface area contributed by atoms with E-state index in [-0.39, 0.29) is 5.91 Å². The number of carbonyl (C=O) groups is 1. The van der Waals surface area contributed by atoms with Gasteiger partial charge in [-0.1, -0.05) is 39.1 Å². The molecule has 0 bridgehead atoms. The Morgan fingerprint density at radius 2 is 2.00 bits per heavy atom. The van der Waals surface area contributed by atoms with Gasteiger partial charge >= 0.3 is 0 Å². The standard InChI is InChI=1S/C12H8BrCl2NOS/c1-6-2-7(13)4-8(3-6)16-12(17)9-5-10(14)18-11(9)15/h2-5H,1H3,(H,16,17). The molecule has 1 amide bonds. The van der Waals surface area contributed by atoms with Crippen molar-refractivity contribution in [1.82, 2.24) is 0 Å². The van der Waals surface area contributed by atoms with E-state index in [1.165, 1.54) is 11.3 Å². The lowest BCUT2D eigenvalue weighted by Gasteiger charge is -2.06. The number of anilines is 1. The third-order valence-electron chi connectivity index (χ3n) is 2.20. The SMILES string of the molecule is Cc1cc(Br)cc(NC(=O)c2cc(Cl)sc2Cl)c1. The molecule has 18 heavy (non-hydrogen) atoms. The lowest BCUT2D eigenvalue weighted by Crippen LogP contribution is -2.11. The molecule has 2 nitrogen and oxygen atoms in total. The topological polar surface area (TPSA) is 29.1 Å². The summed E-state index contributed by atoms with van der Waals surface area (Å²) < 4.78 is 1.80. The van der Waals surface area contributed by atoms with E-state index in [9.17, 15) is 4.79 Å². The summed E-state index contributed by atoms with van der Waals surface area (Å²) in [6.45, 7) is 1.95. The summed E-state index contributed by atoms with van der Waals surface area (Å²) in [5.74, 6) is -0.263. The third-order valence-corrected chi connectivity index (χ3v) is 4.15. The minimum Gasteiger partial charge on any atom is -0.322 e. The maximum Gasteiger partial charge on any atom is 0.258 e. The van der Waals surface area contributed by atoms with E-state index in [4.69, 9.17) is 23.2 Å². The van der Waals surface area contributed by atoms with Gasteiger partial charge in [0, 0.05) is 10.2 Å². The first-order valence-corrected chi connectivity index (χ1v) is 7.35. The normalized spacial score (nSPS) is 10.4. The minimum absolute atomic E-state index is 0.263. The van der Waals surface area contributed by atoms with Gasteiger partial charge in [-0.3, -0.25) is 4.79 Å². The average Bonchev–Trinajstić information content (AvgIpc) is 2.56. The average molecular weight is 365 g/mol. The molecule has 2 rings (SSSR count). The number of thiophene rings is 1. The van der Waals surface area contributed by atoms with E-state index in [1.807, 2.05) is 25.1 Å². The van der Waals surface area contributed by atoms with Gasteiger partial charge in [0.15, 0.2) is 0 Å². The van der Waals surface area contributed by atoms with Crippen molar-refractivity contribution < 1.29 is 4.79 Å². The van der Waals surface area contributed by atoms with Gasteiger partial charge in [-0.2, -0.15) is 0 Å². The van der Waals surface area contributed by atoms with Crippen LogP contribution in [0.5, 0.6) is 0 Å². The third kappa shape index (κ3) is 3.26. The van der Waals surface area contributed by atoms with Crippen molar-refractivity contribution in [2.45, 2.75) is 6.92 Å². The lowest BCUT2D eigenvalue weighted by atomic mass is 10.2. The summed E-state index contributed by atoms with van der Waals surface area (Å²) in [6, 6.07) is 7.23. The highest BCUT2D eigenvalue weighted by molar-refractivity contribution is 9.10. The molecule has 0 spiro atoms. The first kappa shape index (κ1) is 13.9. The summed E-state index contributed by atoms with van der Waals surface area (Å²) in [7, 11) is 0. The molecule has 0 aliphatic rings. The molecule has 1 heterocycles. The number of carbonyl (C=O) groups excluding carboxylic acids is 1. The lowest BCUT2D eigenvalue weighted by molar-refractivity contribution is 0.102. The Kier molecular flexibility index (Phi) is 4.33. The van der Waals surface area contributed by atoms with Crippen molar-refractivity contribution in [1.29, 1.82) is 0 Å². The molecule has 0 radical (unpaired) electrons. The zero-order valence-corrected chi connectivity index (χ0v) is 13.2. The molecule has 0 unspecified atom stereocenters. The van der Waals surface area contributed by atoms with E-state index >= 15 is 0 Å². The van der Waals surface area contributed by atoms with Crippen molar-refractivity contribution in [3.05, 3.63) is 48.5 Å². The highest BCUT2D eigenvalue weighted by atomic mass is 79.9. The molecule has 6 heteroatoms. The van der Waals surface area contributed by atoms with Crippen molar-refractivity contribution in [3.63, 3.8) is 0 Å².